The summed E-state index contributed by atoms with van der Waals surface area (Å²) in [5, 5.41) is 8.98. The number of alkyl halides is 3. The second-order valence-electron chi connectivity index (χ2n) is 3.78. The quantitative estimate of drug-likeness (QED) is 0.474. The van der Waals surface area contributed by atoms with Gasteiger partial charge in [0.1, 0.15) is 6.07 Å². The maximum atomic E-state index is 12.6. The molecule has 0 unspecified atom stereocenters. The van der Waals surface area contributed by atoms with Crippen molar-refractivity contribution >= 4 is 24.0 Å². The summed E-state index contributed by atoms with van der Waals surface area (Å²) < 4.78 is 42.5. The van der Waals surface area contributed by atoms with E-state index < -0.39 is 40.1 Å². The van der Waals surface area contributed by atoms with Crippen molar-refractivity contribution in [3.63, 3.8) is 0 Å². The van der Waals surface area contributed by atoms with Crippen LogP contribution in [-0.4, -0.2) is 24.4 Å². The Morgan fingerprint density at radius 3 is 2.62 bits per heavy atom. The molecule has 21 heavy (non-hydrogen) atoms. The monoisotopic (exact) mass is 317 g/mol. The molecule has 0 aliphatic rings. The lowest BCUT2D eigenvalue weighted by molar-refractivity contribution is -0.142. The predicted octanol–water partition coefficient (Wildman–Crippen LogP) is 3.09. The third-order valence-corrected chi connectivity index (χ3v) is 3.27. The molecule has 1 rings (SSSR count). The van der Waals surface area contributed by atoms with E-state index in [-0.39, 0.29) is 17.7 Å². The molecule has 1 aromatic carbocycles. The Bertz CT molecular complexity index is 594. The molecule has 0 heterocycles. The van der Waals surface area contributed by atoms with Crippen molar-refractivity contribution in [2.75, 3.05) is 6.61 Å². The Hall–Kier alpha value is -2.01. The van der Waals surface area contributed by atoms with Crippen LogP contribution in [0.4, 0.5) is 13.2 Å². The molecule has 0 aliphatic carbocycles. The van der Waals surface area contributed by atoms with E-state index in [1.165, 1.54) is 12.1 Å². The second kappa shape index (κ2) is 7.13. The van der Waals surface area contributed by atoms with E-state index in [2.05, 4.69) is 4.74 Å². The zero-order chi connectivity index (χ0) is 16.0. The molecule has 0 saturated carbocycles. The molecule has 0 spiro atoms. The second-order valence-corrected chi connectivity index (χ2v) is 4.85. The summed E-state index contributed by atoms with van der Waals surface area (Å²) >= 11 is -0.521. The summed E-state index contributed by atoms with van der Waals surface area (Å²) in [6.07, 6.45) is -0.104. The number of benzene rings is 1. The van der Waals surface area contributed by atoms with Gasteiger partial charge in [-0.3, -0.25) is 9.59 Å². The van der Waals surface area contributed by atoms with E-state index >= 15 is 0 Å². The van der Waals surface area contributed by atoms with E-state index in [4.69, 9.17) is 5.26 Å². The number of carbonyl (C=O) groups excluding carboxylic acids is 2. The average molecular weight is 317 g/mol. The van der Waals surface area contributed by atoms with Gasteiger partial charge in [0, 0.05) is 10.5 Å². The first-order valence-electron chi connectivity index (χ1n) is 5.74. The highest BCUT2D eigenvalue weighted by Gasteiger charge is 2.33. The summed E-state index contributed by atoms with van der Waals surface area (Å²) in [7, 11) is 0. The highest BCUT2D eigenvalue weighted by Crippen LogP contribution is 2.41. The maximum Gasteiger partial charge on any atom is 0.446 e. The van der Waals surface area contributed by atoms with Crippen molar-refractivity contribution in [3.8, 4) is 6.07 Å². The molecule has 0 bridgehead atoms. The lowest BCUT2D eigenvalue weighted by Gasteiger charge is -2.13. The minimum atomic E-state index is -4.64. The standard InChI is InChI=1S/C13H10F3NO3S/c1-2-20-11(19)5-8-3-4-9(7-18)10(6-17)12(8)21-13(14,15)16/h3-4,7H,2,5H2,1H3. The molecule has 0 aliphatic heterocycles. The number of thioether (sulfide) groups is 1. The highest BCUT2D eigenvalue weighted by atomic mass is 32.2. The van der Waals surface area contributed by atoms with E-state index in [0.717, 1.165) is 0 Å². The Morgan fingerprint density at radius 2 is 2.14 bits per heavy atom. The van der Waals surface area contributed by atoms with Crippen LogP contribution < -0.4 is 0 Å². The fraction of sp³-hybridized carbons (Fsp3) is 0.308. The number of esters is 1. The normalized spacial score (nSPS) is 10.8. The minimum Gasteiger partial charge on any atom is -0.466 e. The van der Waals surface area contributed by atoms with Crippen molar-refractivity contribution in [2.24, 2.45) is 0 Å². The number of ether oxygens (including phenoxy) is 1. The molecule has 0 saturated heterocycles. The van der Waals surface area contributed by atoms with Crippen molar-refractivity contribution < 1.29 is 27.5 Å². The number of aldehydes is 1. The van der Waals surface area contributed by atoms with Crippen LogP contribution in [0.2, 0.25) is 0 Å². The lowest BCUT2D eigenvalue weighted by Crippen LogP contribution is -2.11. The molecule has 0 N–H and O–H groups in total. The smallest absolute Gasteiger partial charge is 0.446 e. The van der Waals surface area contributed by atoms with Crippen molar-refractivity contribution in [3.05, 3.63) is 28.8 Å². The Balaban J connectivity index is 3.33. The van der Waals surface area contributed by atoms with Crippen LogP contribution in [0, 0.1) is 11.3 Å². The van der Waals surface area contributed by atoms with E-state index in [1.54, 1.807) is 13.0 Å². The van der Waals surface area contributed by atoms with Crippen molar-refractivity contribution in [2.45, 2.75) is 23.7 Å². The molecule has 0 atom stereocenters. The number of nitrogens with zero attached hydrogens (tertiary/aromatic N) is 1. The maximum absolute atomic E-state index is 12.6. The molecule has 0 aromatic heterocycles. The highest BCUT2D eigenvalue weighted by molar-refractivity contribution is 8.00. The van der Waals surface area contributed by atoms with Gasteiger partial charge in [0.25, 0.3) is 0 Å². The van der Waals surface area contributed by atoms with Crippen LogP contribution in [0.5, 0.6) is 0 Å². The van der Waals surface area contributed by atoms with E-state index in [0.29, 0.717) is 6.29 Å². The number of hydrogen-bond acceptors (Lipinski definition) is 5. The van der Waals surface area contributed by atoms with Crippen LogP contribution in [-0.2, 0) is 16.0 Å². The van der Waals surface area contributed by atoms with Crippen LogP contribution in [0.25, 0.3) is 0 Å². The fourth-order valence-corrected chi connectivity index (χ4v) is 2.36. The first-order chi connectivity index (χ1) is 9.82. The van der Waals surface area contributed by atoms with Gasteiger partial charge in [-0.2, -0.15) is 18.4 Å². The molecule has 0 radical (unpaired) electrons. The molecule has 112 valence electrons. The Morgan fingerprint density at radius 1 is 1.48 bits per heavy atom. The van der Waals surface area contributed by atoms with Gasteiger partial charge < -0.3 is 4.74 Å². The Kier molecular flexibility index (Phi) is 5.79. The first-order valence-corrected chi connectivity index (χ1v) is 6.56. The van der Waals surface area contributed by atoms with Gasteiger partial charge in [0.15, 0.2) is 6.29 Å². The topological polar surface area (TPSA) is 67.2 Å². The summed E-state index contributed by atoms with van der Waals surface area (Å²) in [6.45, 7) is 1.66. The van der Waals surface area contributed by atoms with Gasteiger partial charge in [0.05, 0.1) is 18.6 Å². The van der Waals surface area contributed by atoms with Gasteiger partial charge in [-0.1, -0.05) is 6.07 Å². The molecule has 8 heteroatoms. The van der Waals surface area contributed by atoms with Crippen LogP contribution in [0.3, 0.4) is 0 Å². The van der Waals surface area contributed by atoms with Gasteiger partial charge in [-0.15, -0.1) is 0 Å². The molecule has 1 aromatic rings. The Labute approximate surface area is 122 Å². The fourth-order valence-electron chi connectivity index (χ4n) is 1.59. The zero-order valence-electron chi connectivity index (χ0n) is 10.9. The van der Waals surface area contributed by atoms with Gasteiger partial charge >= 0.3 is 11.5 Å². The van der Waals surface area contributed by atoms with Crippen molar-refractivity contribution in [1.29, 1.82) is 5.26 Å². The number of nitriles is 1. The lowest BCUT2D eigenvalue weighted by atomic mass is 10.0. The van der Waals surface area contributed by atoms with Crippen molar-refractivity contribution in [1.82, 2.24) is 0 Å². The average Bonchev–Trinajstić information content (AvgIpc) is 2.39. The first kappa shape index (κ1) is 17.0. The molecular weight excluding hydrogens is 307 g/mol. The molecule has 0 amide bonds. The zero-order valence-corrected chi connectivity index (χ0v) is 11.7. The van der Waals surface area contributed by atoms with E-state index in [1.807, 2.05) is 0 Å². The summed E-state index contributed by atoms with van der Waals surface area (Å²) in [5.74, 6) is -0.704. The van der Waals surface area contributed by atoms with E-state index in [9.17, 15) is 22.8 Å². The number of carbonyl (C=O) groups is 2. The van der Waals surface area contributed by atoms with Gasteiger partial charge in [0.2, 0.25) is 0 Å². The molecule has 4 nitrogen and oxygen atoms in total. The predicted molar refractivity (Wildman–Crippen MR) is 68.8 cm³/mol. The summed E-state index contributed by atoms with van der Waals surface area (Å²) in [4.78, 5) is 21.8. The van der Waals surface area contributed by atoms with Crippen LogP contribution >= 0.6 is 11.8 Å². The van der Waals surface area contributed by atoms with Gasteiger partial charge in [-0.05, 0) is 30.3 Å². The van der Waals surface area contributed by atoms with Crippen LogP contribution in [0.1, 0.15) is 28.4 Å². The number of halogens is 3. The summed E-state index contributed by atoms with van der Waals surface area (Å²) in [5.41, 5.74) is -5.19. The number of hydrogen-bond donors (Lipinski definition) is 0. The third-order valence-electron chi connectivity index (χ3n) is 2.37. The SMILES string of the molecule is CCOC(=O)Cc1ccc(C=O)c(C#N)c1SC(F)(F)F. The minimum absolute atomic E-state index is 0.00192. The third kappa shape index (κ3) is 4.79. The summed E-state index contributed by atoms with van der Waals surface area (Å²) in [6, 6.07) is 4.01. The largest absolute Gasteiger partial charge is 0.466 e. The van der Waals surface area contributed by atoms with Gasteiger partial charge in [-0.25, -0.2) is 0 Å². The molecule has 0 fully saturated rings. The van der Waals surface area contributed by atoms with Crippen LogP contribution in [0.15, 0.2) is 17.0 Å². The number of rotatable bonds is 5. The molecular formula is C13H10F3NO3S.